The van der Waals surface area contributed by atoms with Gasteiger partial charge in [-0.1, -0.05) is 23.7 Å². The number of rotatable bonds is 2. The largest absolute Gasteiger partial charge is 0.383 e. The predicted molar refractivity (Wildman–Crippen MR) is 67.5 cm³/mol. The van der Waals surface area contributed by atoms with Gasteiger partial charge in [0.05, 0.1) is 9.50 Å². The standard InChI is InChI=1S/C11H7BrClFOS/c12-8-3-1-2-7(10(8)14)11(15)9-4-6(13)5-16-9/h1-5,11,15H. The summed E-state index contributed by atoms with van der Waals surface area (Å²) < 4.78 is 14.0. The van der Waals surface area contributed by atoms with Crippen LogP contribution < -0.4 is 0 Å². The highest BCUT2D eigenvalue weighted by Gasteiger charge is 2.18. The average molecular weight is 322 g/mol. The number of benzene rings is 1. The van der Waals surface area contributed by atoms with Gasteiger partial charge in [0, 0.05) is 15.8 Å². The summed E-state index contributed by atoms with van der Waals surface area (Å²) in [6, 6.07) is 6.46. The van der Waals surface area contributed by atoms with Gasteiger partial charge in [-0.25, -0.2) is 4.39 Å². The molecule has 1 N–H and O–H groups in total. The summed E-state index contributed by atoms with van der Waals surface area (Å²) >= 11 is 10.1. The quantitative estimate of drug-likeness (QED) is 0.870. The van der Waals surface area contributed by atoms with Crippen LogP contribution in [0.1, 0.15) is 16.5 Å². The van der Waals surface area contributed by atoms with Crippen LogP contribution >= 0.6 is 38.9 Å². The van der Waals surface area contributed by atoms with Crippen molar-refractivity contribution in [3.05, 3.63) is 55.4 Å². The third-order valence-electron chi connectivity index (χ3n) is 2.13. The molecule has 0 aliphatic heterocycles. The Morgan fingerprint density at radius 3 is 2.81 bits per heavy atom. The summed E-state index contributed by atoms with van der Waals surface area (Å²) in [7, 11) is 0. The van der Waals surface area contributed by atoms with Gasteiger partial charge in [0.2, 0.25) is 0 Å². The molecule has 1 nitrogen and oxygen atoms in total. The Morgan fingerprint density at radius 2 is 2.19 bits per heavy atom. The molecule has 0 aliphatic carbocycles. The molecule has 0 saturated carbocycles. The van der Waals surface area contributed by atoms with E-state index in [1.165, 1.54) is 11.3 Å². The van der Waals surface area contributed by atoms with Crippen molar-refractivity contribution in [2.24, 2.45) is 0 Å². The molecule has 0 amide bonds. The predicted octanol–water partition coefficient (Wildman–Crippen LogP) is 4.38. The molecule has 0 spiro atoms. The molecule has 2 aromatic rings. The Kier molecular flexibility index (Phi) is 3.64. The molecular weight excluding hydrogens is 315 g/mol. The zero-order valence-electron chi connectivity index (χ0n) is 7.95. The minimum atomic E-state index is -0.977. The maximum atomic E-state index is 13.7. The van der Waals surface area contributed by atoms with E-state index in [2.05, 4.69) is 15.9 Å². The van der Waals surface area contributed by atoms with E-state index in [9.17, 15) is 9.50 Å². The van der Waals surface area contributed by atoms with Crippen molar-refractivity contribution < 1.29 is 9.50 Å². The molecule has 0 saturated heterocycles. The second-order valence-corrected chi connectivity index (χ2v) is 5.45. The van der Waals surface area contributed by atoms with E-state index in [0.717, 1.165) is 0 Å². The Hall–Kier alpha value is -0.420. The first-order valence-corrected chi connectivity index (χ1v) is 6.50. The van der Waals surface area contributed by atoms with Crippen LogP contribution in [0.4, 0.5) is 4.39 Å². The zero-order chi connectivity index (χ0) is 11.7. The first kappa shape index (κ1) is 12.0. The van der Waals surface area contributed by atoms with Gasteiger partial charge in [0.1, 0.15) is 11.9 Å². The van der Waals surface area contributed by atoms with E-state index in [1.807, 2.05) is 0 Å². The van der Waals surface area contributed by atoms with Crippen LogP contribution in [0.15, 0.2) is 34.1 Å². The van der Waals surface area contributed by atoms with E-state index in [0.29, 0.717) is 14.4 Å². The number of halogens is 3. The molecule has 0 bridgehead atoms. The lowest BCUT2D eigenvalue weighted by atomic mass is 10.1. The van der Waals surface area contributed by atoms with Crippen LogP contribution in [-0.2, 0) is 0 Å². The fourth-order valence-electron chi connectivity index (χ4n) is 1.36. The number of thiophene rings is 1. The van der Waals surface area contributed by atoms with Crippen LogP contribution in [0.25, 0.3) is 0 Å². The first-order valence-electron chi connectivity index (χ1n) is 4.45. The lowest BCUT2D eigenvalue weighted by Crippen LogP contribution is -2.00. The maximum Gasteiger partial charge on any atom is 0.143 e. The van der Waals surface area contributed by atoms with E-state index < -0.39 is 11.9 Å². The second-order valence-electron chi connectivity index (χ2n) is 3.21. The average Bonchev–Trinajstić information content (AvgIpc) is 2.68. The SMILES string of the molecule is OC(c1cc(Cl)cs1)c1cccc(Br)c1F. The smallest absolute Gasteiger partial charge is 0.143 e. The van der Waals surface area contributed by atoms with Gasteiger partial charge >= 0.3 is 0 Å². The van der Waals surface area contributed by atoms with Crippen LogP contribution in [0, 0.1) is 5.82 Å². The highest BCUT2D eigenvalue weighted by atomic mass is 79.9. The van der Waals surface area contributed by atoms with E-state index in [1.54, 1.807) is 29.6 Å². The fourth-order valence-corrected chi connectivity index (χ4v) is 2.82. The molecule has 0 fully saturated rings. The van der Waals surface area contributed by atoms with Crippen molar-refractivity contribution in [2.45, 2.75) is 6.10 Å². The van der Waals surface area contributed by atoms with Crippen LogP contribution in [-0.4, -0.2) is 5.11 Å². The molecule has 1 atom stereocenters. The summed E-state index contributed by atoms with van der Waals surface area (Å²) in [5.41, 5.74) is 0.243. The Labute approximate surface area is 110 Å². The molecule has 1 unspecified atom stereocenters. The lowest BCUT2D eigenvalue weighted by molar-refractivity contribution is 0.218. The van der Waals surface area contributed by atoms with Gasteiger partial charge in [0.15, 0.2) is 0 Å². The number of hydrogen-bond acceptors (Lipinski definition) is 2. The zero-order valence-corrected chi connectivity index (χ0v) is 11.1. The molecule has 1 heterocycles. The highest BCUT2D eigenvalue weighted by molar-refractivity contribution is 9.10. The third kappa shape index (κ3) is 2.30. The summed E-state index contributed by atoms with van der Waals surface area (Å²) in [6.45, 7) is 0. The molecule has 84 valence electrons. The molecule has 0 radical (unpaired) electrons. The van der Waals surface area contributed by atoms with E-state index in [4.69, 9.17) is 11.6 Å². The third-order valence-corrected chi connectivity index (χ3v) is 4.08. The van der Waals surface area contributed by atoms with Crippen molar-refractivity contribution in [3.63, 3.8) is 0 Å². The van der Waals surface area contributed by atoms with Crippen LogP contribution in [0.2, 0.25) is 5.02 Å². The van der Waals surface area contributed by atoms with Gasteiger partial charge in [-0.05, 0) is 28.1 Å². The van der Waals surface area contributed by atoms with Gasteiger partial charge < -0.3 is 5.11 Å². The molecule has 2 rings (SSSR count). The summed E-state index contributed by atoms with van der Waals surface area (Å²) in [6.07, 6.45) is -0.977. The highest BCUT2D eigenvalue weighted by Crippen LogP contribution is 2.32. The van der Waals surface area contributed by atoms with E-state index in [-0.39, 0.29) is 5.56 Å². The van der Waals surface area contributed by atoms with Gasteiger partial charge in [-0.15, -0.1) is 11.3 Å². The maximum absolute atomic E-state index is 13.7. The Bertz CT molecular complexity index is 514. The lowest BCUT2D eigenvalue weighted by Gasteiger charge is -2.10. The minimum Gasteiger partial charge on any atom is -0.383 e. The van der Waals surface area contributed by atoms with Gasteiger partial charge in [-0.3, -0.25) is 0 Å². The molecule has 1 aromatic heterocycles. The van der Waals surface area contributed by atoms with Gasteiger partial charge in [0.25, 0.3) is 0 Å². The van der Waals surface area contributed by atoms with Crippen LogP contribution in [0.3, 0.4) is 0 Å². The monoisotopic (exact) mass is 320 g/mol. The number of aliphatic hydroxyl groups excluding tert-OH is 1. The molecule has 16 heavy (non-hydrogen) atoms. The van der Waals surface area contributed by atoms with Crippen molar-refractivity contribution in [3.8, 4) is 0 Å². The number of hydrogen-bond donors (Lipinski definition) is 1. The van der Waals surface area contributed by atoms with Crippen molar-refractivity contribution in [2.75, 3.05) is 0 Å². The molecule has 1 aromatic carbocycles. The second kappa shape index (κ2) is 4.84. The Balaban J connectivity index is 2.41. The van der Waals surface area contributed by atoms with Crippen molar-refractivity contribution in [1.29, 1.82) is 0 Å². The number of aliphatic hydroxyl groups is 1. The first-order chi connectivity index (χ1) is 7.59. The summed E-state index contributed by atoms with van der Waals surface area (Å²) in [5.74, 6) is -0.445. The topological polar surface area (TPSA) is 20.2 Å². The van der Waals surface area contributed by atoms with Crippen molar-refractivity contribution >= 4 is 38.9 Å². The Morgan fingerprint density at radius 1 is 1.44 bits per heavy atom. The summed E-state index contributed by atoms with van der Waals surface area (Å²) in [4.78, 5) is 0.627. The van der Waals surface area contributed by atoms with Crippen LogP contribution in [0.5, 0.6) is 0 Å². The van der Waals surface area contributed by atoms with Gasteiger partial charge in [-0.2, -0.15) is 0 Å². The molecule has 0 aliphatic rings. The normalized spacial score (nSPS) is 12.8. The molecule has 5 heteroatoms. The minimum absolute atomic E-state index is 0.243. The van der Waals surface area contributed by atoms with E-state index >= 15 is 0 Å². The summed E-state index contributed by atoms with van der Waals surface area (Å²) in [5, 5.41) is 12.3. The van der Waals surface area contributed by atoms with Crippen molar-refractivity contribution in [1.82, 2.24) is 0 Å². The molecular formula is C11H7BrClFOS. The fraction of sp³-hybridized carbons (Fsp3) is 0.0909.